The van der Waals surface area contributed by atoms with E-state index >= 15 is 0 Å². The van der Waals surface area contributed by atoms with E-state index in [4.69, 9.17) is 11.6 Å². The van der Waals surface area contributed by atoms with E-state index in [-0.39, 0.29) is 37.6 Å². The summed E-state index contributed by atoms with van der Waals surface area (Å²) < 4.78 is 2.85. The molecule has 9 heteroatoms. The van der Waals surface area contributed by atoms with E-state index in [0.717, 1.165) is 35.9 Å². The lowest BCUT2D eigenvalue weighted by Gasteiger charge is -2.43. The van der Waals surface area contributed by atoms with E-state index in [1.165, 1.54) is 4.90 Å². The van der Waals surface area contributed by atoms with Crippen LogP contribution in [0.5, 0.6) is 0 Å². The van der Waals surface area contributed by atoms with Crippen LogP contribution < -0.4 is 16.9 Å². The average molecular weight is 377 g/mol. The zero-order valence-corrected chi connectivity index (χ0v) is 15.3. The van der Waals surface area contributed by atoms with Crippen LogP contribution in [0.1, 0.15) is 36.2 Å². The lowest BCUT2D eigenvalue weighted by atomic mass is 10.0. The third-order valence-electron chi connectivity index (χ3n) is 5.38. The van der Waals surface area contributed by atoms with Crippen molar-refractivity contribution in [1.29, 1.82) is 0 Å². The average Bonchev–Trinajstić information content (AvgIpc) is 3.33. The van der Waals surface area contributed by atoms with Gasteiger partial charge in [-0.25, -0.2) is 5.90 Å². The van der Waals surface area contributed by atoms with E-state index in [1.54, 1.807) is 11.3 Å². The predicted octanol–water partition coefficient (Wildman–Crippen LogP) is 0.763. The minimum absolute atomic E-state index is 0.108. The molecule has 1 aliphatic carbocycles. The number of hydrogen-bond acceptors (Lipinski definition) is 6. The fourth-order valence-electron chi connectivity index (χ4n) is 3.99. The number of thiophene rings is 1. The Bertz CT molecular complexity index is 841. The Morgan fingerprint density at radius 1 is 1.42 bits per heavy atom. The first-order valence-electron chi connectivity index (χ1n) is 8.85. The summed E-state index contributed by atoms with van der Waals surface area (Å²) in [5.74, 6) is 4.55. The molecule has 2 amide bonds. The Morgan fingerprint density at radius 3 is 2.92 bits per heavy atom. The van der Waals surface area contributed by atoms with Crippen LogP contribution in [0.3, 0.4) is 0 Å². The molecule has 4 rings (SSSR count). The highest BCUT2D eigenvalue weighted by Gasteiger charge is 2.49. The second-order valence-corrected chi connectivity index (χ2v) is 7.94. The van der Waals surface area contributed by atoms with Crippen molar-refractivity contribution in [2.75, 3.05) is 13.2 Å². The molecule has 26 heavy (non-hydrogen) atoms. The van der Waals surface area contributed by atoms with Gasteiger partial charge >= 0.3 is 0 Å². The van der Waals surface area contributed by atoms with Gasteiger partial charge in [-0.1, -0.05) is 12.8 Å². The number of nitrogens with two attached hydrogens (primary N) is 2. The largest absolute Gasteiger partial charge is 0.350 e. The maximum Gasteiger partial charge on any atom is 0.272 e. The number of carbonyl (C=O) groups is 2. The molecular formula is C17H23N5O3S. The van der Waals surface area contributed by atoms with Crippen molar-refractivity contribution in [3.05, 3.63) is 23.2 Å². The summed E-state index contributed by atoms with van der Waals surface area (Å²) in [6, 6.07) is 3.93. The molecule has 5 N–H and O–H groups in total. The van der Waals surface area contributed by atoms with E-state index in [9.17, 15) is 9.59 Å². The lowest BCUT2D eigenvalue weighted by Crippen LogP contribution is -2.71. The van der Waals surface area contributed by atoms with Gasteiger partial charge in [-0.15, -0.1) is 11.3 Å². The standard InChI is InChI=1S/C17H23N5O3S/c18-17(16(24)20-11-3-1-2-4-11)10-21-12-5-8-26-14(12)9-13(21)15(23)22(17)6-7-25-19/h5,8-9,11H,1-4,6-7,10,18-19H2,(H,20,24). The van der Waals surface area contributed by atoms with Gasteiger partial charge < -0.3 is 19.6 Å². The molecule has 8 nitrogen and oxygen atoms in total. The Labute approximate surface area is 155 Å². The number of aromatic nitrogens is 1. The van der Waals surface area contributed by atoms with E-state index in [0.29, 0.717) is 5.69 Å². The van der Waals surface area contributed by atoms with E-state index in [1.807, 2.05) is 22.1 Å². The van der Waals surface area contributed by atoms with Crippen LogP contribution in [0, 0.1) is 0 Å². The van der Waals surface area contributed by atoms with Crippen LogP contribution in [0.25, 0.3) is 10.2 Å². The second kappa shape index (κ2) is 6.66. The van der Waals surface area contributed by atoms with Crippen molar-refractivity contribution >= 4 is 33.4 Å². The van der Waals surface area contributed by atoms with Gasteiger partial charge in [-0.3, -0.25) is 15.3 Å². The normalized spacial score (nSPS) is 23.6. The van der Waals surface area contributed by atoms with Crippen molar-refractivity contribution in [1.82, 2.24) is 14.8 Å². The highest BCUT2D eigenvalue weighted by Crippen LogP contribution is 2.32. The first-order chi connectivity index (χ1) is 12.5. The van der Waals surface area contributed by atoms with Crippen LogP contribution in [-0.4, -0.2) is 46.1 Å². The Kier molecular flexibility index (Phi) is 4.47. The van der Waals surface area contributed by atoms with Crippen molar-refractivity contribution in [3.63, 3.8) is 0 Å². The fourth-order valence-corrected chi connectivity index (χ4v) is 4.81. The summed E-state index contributed by atoms with van der Waals surface area (Å²) in [6.45, 7) is 0.469. The number of fused-ring (bicyclic) bond motifs is 3. The molecule has 3 heterocycles. The van der Waals surface area contributed by atoms with E-state index in [2.05, 4.69) is 10.2 Å². The van der Waals surface area contributed by atoms with Crippen LogP contribution in [0.4, 0.5) is 0 Å². The molecule has 140 valence electrons. The topological polar surface area (TPSA) is 116 Å². The zero-order chi connectivity index (χ0) is 18.3. The monoisotopic (exact) mass is 377 g/mol. The van der Waals surface area contributed by atoms with Gasteiger partial charge in [-0.2, -0.15) is 0 Å². The van der Waals surface area contributed by atoms with Gasteiger partial charge in [0.25, 0.3) is 11.8 Å². The van der Waals surface area contributed by atoms with Crippen LogP contribution in [0.2, 0.25) is 0 Å². The molecule has 2 aromatic rings. The zero-order valence-electron chi connectivity index (χ0n) is 14.4. The van der Waals surface area contributed by atoms with Gasteiger partial charge in [0.2, 0.25) is 0 Å². The predicted molar refractivity (Wildman–Crippen MR) is 98.3 cm³/mol. The fraction of sp³-hybridized carbons (Fsp3) is 0.529. The molecule has 0 saturated heterocycles. The first kappa shape index (κ1) is 17.5. The Morgan fingerprint density at radius 2 is 2.19 bits per heavy atom. The molecule has 0 radical (unpaired) electrons. The Hall–Kier alpha value is -1.94. The summed E-state index contributed by atoms with van der Waals surface area (Å²) in [5.41, 5.74) is 6.56. The summed E-state index contributed by atoms with van der Waals surface area (Å²) in [7, 11) is 0. The van der Waals surface area contributed by atoms with Gasteiger partial charge in [0, 0.05) is 12.6 Å². The van der Waals surface area contributed by atoms with Gasteiger partial charge in [0.05, 0.1) is 23.4 Å². The highest BCUT2D eigenvalue weighted by atomic mass is 32.1. The van der Waals surface area contributed by atoms with E-state index < -0.39 is 5.66 Å². The molecule has 1 unspecified atom stereocenters. The minimum atomic E-state index is -1.47. The van der Waals surface area contributed by atoms with Crippen molar-refractivity contribution in [2.45, 2.75) is 43.9 Å². The van der Waals surface area contributed by atoms with Crippen LogP contribution in [0.15, 0.2) is 17.5 Å². The number of nitrogens with zero attached hydrogens (tertiary/aromatic N) is 2. The molecule has 1 atom stereocenters. The van der Waals surface area contributed by atoms with Crippen molar-refractivity contribution in [2.24, 2.45) is 11.6 Å². The molecule has 1 aliphatic heterocycles. The SMILES string of the molecule is NOCCN1C(=O)c2cc3sccc3n2CC1(N)C(=O)NC1CCCC1. The van der Waals surface area contributed by atoms with Crippen LogP contribution in [-0.2, 0) is 16.2 Å². The number of hydrogen-bond donors (Lipinski definition) is 3. The third kappa shape index (κ3) is 2.71. The second-order valence-electron chi connectivity index (χ2n) is 6.99. The summed E-state index contributed by atoms with van der Waals surface area (Å²) in [6.07, 6.45) is 4.10. The lowest BCUT2D eigenvalue weighted by molar-refractivity contribution is -0.134. The minimum Gasteiger partial charge on any atom is -0.350 e. The summed E-state index contributed by atoms with van der Waals surface area (Å²) >= 11 is 1.56. The first-order valence-corrected chi connectivity index (χ1v) is 9.73. The van der Waals surface area contributed by atoms with Gasteiger partial charge in [0.1, 0.15) is 5.69 Å². The quantitative estimate of drug-likeness (QED) is 0.666. The Balaban J connectivity index is 1.70. The van der Waals surface area contributed by atoms with Crippen molar-refractivity contribution in [3.8, 4) is 0 Å². The number of rotatable bonds is 5. The molecule has 2 aromatic heterocycles. The van der Waals surface area contributed by atoms with Gasteiger partial charge in [0.15, 0.2) is 5.66 Å². The maximum absolute atomic E-state index is 13.1. The molecule has 1 fully saturated rings. The summed E-state index contributed by atoms with van der Waals surface area (Å²) in [4.78, 5) is 32.2. The molecule has 0 bridgehead atoms. The van der Waals surface area contributed by atoms with Crippen LogP contribution >= 0.6 is 11.3 Å². The molecule has 2 aliphatic rings. The third-order valence-corrected chi connectivity index (χ3v) is 6.24. The molecule has 1 saturated carbocycles. The summed E-state index contributed by atoms with van der Waals surface area (Å²) in [5, 5.41) is 5.01. The number of amides is 2. The molecular weight excluding hydrogens is 354 g/mol. The molecule has 0 aromatic carbocycles. The smallest absolute Gasteiger partial charge is 0.272 e. The number of carbonyl (C=O) groups excluding carboxylic acids is 2. The highest BCUT2D eigenvalue weighted by molar-refractivity contribution is 7.17. The molecule has 0 spiro atoms. The van der Waals surface area contributed by atoms with Gasteiger partial charge in [-0.05, 0) is 30.4 Å². The van der Waals surface area contributed by atoms with Crippen molar-refractivity contribution < 1.29 is 14.4 Å². The number of nitrogens with one attached hydrogen (secondary N) is 1. The maximum atomic E-state index is 13.1.